The summed E-state index contributed by atoms with van der Waals surface area (Å²) in [6, 6.07) is 0.288. The minimum absolute atomic E-state index is 0. The maximum Gasteiger partial charge on any atom is 0.259 e. The van der Waals surface area contributed by atoms with Crippen molar-refractivity contribution in [3.63, 3.8) is 0 Å². The van der Waals surface area contributed by atoms with Gasteiger partial charge in [-0.3, -0.25) is 9.13 Å². The second-order valence-corrected chi connectivity index (χ2v) is 30.8. The van der Waals surface area contributed by atoms with Crippen LogP contribution in [0.3, 0.4) is 0 Å². The number of rotatable bonds is 33. The Morgan fingerprint density at radius 1 is 0.682 bits per heavy atom. The summed E-state index contributed by atoms with van der Waals surface area (Å²) in [5.74, 6) is 0. The van der Waals surface area contributed by atoms with Crippen LogP contribution in [0.1, 0.15) is 85.6 Å². The van der Waals surface area contributed by atoms with E-state index in [9.17, 15) is 23.5 Å². The Balaban J connectivity index is -0.000000278. The van der Waals surface area contributed by atoms with Crippen LogP contribution < -0.4 is 9.79 Å². The van der Waals surface area contributed by atoms with Crippen LogP contribution in [0.25, 0.3) is 9.69 Å². The second-order valence-electron chi connectivity index (χ2n) is 18.4. The molecule has 0 aliphatic carbocycles. The third kappa shape index (κ3) is 37.8. The first-order chi connectivity index (χ1) is 41.1. The number of aliphatic hydroxyl groups excluding tert-OH is 3. The molecule has 0 radical (unpaired) electrons. The molecule has 502 valence electrons. The van der Waals surface area contributed by atoms with Gasteiger partial charge in [0.1, 0.15) is 20.8 Å². The molecular weight excluding hydrogens is 1910 g/mol. The number of aliphatic hydroxyl groups is 3. The summed E-state index contributed by atoms with van der Waals surface area (Å²) < 4.78 is 163. The molecule has 4 N–H and O–H groups in total. The van der Waals surface area contributed by atoms with E-state index < -0.39 is 112 Å². The summed E-state index contributed by atoms with van der Waals surface area (Å²) in [7, 11) is -7.48. The molecule has 15 atom stereocenters. The van der Waals surface area contributed by atoms with E-state index in [1.54, 1.807) is 34.0 Å². The first kappa shape index (κ1) is 86.0. The van der Waals surface area contributed by atoms with Crippen LogP contribution >= 0.6 is 46.0 Å². The van der Waals surface area contributed by atoms with Gasteiger partial charge in [0.2, 0.25) is 17.4 Å². The Morgan fingerprint density at radius 2 is 1.05 bits per heavy atom. The van der Waals surface area contributed by atoms with Crippen LogP contribution in [-0.2, 0) is 82.8 Å². The van der Waals surface area contributed by atoms with E-state index in [0.717, 1.165) is 7.11 Å². The number of methoxy groups -OCH3 is 3. The SMILES string of the molecule is [2H]C[C@@]1(CCP(=O)([O-])O)O[CH-][C@@H](OC)C1OP(=C)([O-])OC.[2H]C[C@@]1(CCP(C)(=O)OCC)O[CH-][C@@H](OC)C1OP(=C)(OC)OCC[N+]#[C-].[2H]C[C@@]1(CCP(C)(=O)OCC)O[CH-][C@@H](OC)C1OP(OCC[N+]#[C-])N(C(C)C)C(C)C.[3H]OC.[3H]OC.[3H]OC.[U].[U].[U]. The van der Waals surface area contributed by atoms with Gasteiger partial charge in [0.25, 0.3) is 16.1 Å². The molecule has 3 aliphatic heterocycles. The fraction of sp³-hybridized carbons (Fsp3) is 0.857. The van der Waals surface area contributed by atoms with Gasteiger partial charge in [-0.2, -0.15) is 19.8 Å². The standard InChI is InChI=1S/C20H39N2O6P2.C16H30NO7P2.C10H20O8P2.3CH4O.3U/c1-10-27-30(9,23)14-11-20(6)19(18(24-8)15-25-20)28-29(26-13-12-21-7)22(16(2)3)17(4)5;1-8-22-25(6,18)12-9-16(2)15(14(19-4)13-21-16)24-26(7,20-5)23-11-10-17-3;1-10(5-6-20(12,13)14)9(8(15-2)7-17-10)18-19(4,11)16-3;3*1-2;;;/h15-19H,10-14H2,1-6,8-9H3;13-15H,7-12H2,1-2,4-6H3;7-9H,4-6H2,1-3H3,(H2-,11,12,13,14);3*2H,1H3;;;/q2*-1;-2;;;;;;/p-1/t18-,19?,20+,29?,30?;14-,15?,16+,25?,26?;8-,9?,10+,19?;;;;;;/m111....../s1/i6D;2D;1D;3*2T;;;. The average Bonchev–Trinajstić information content (AvgIpc) is 1.75. The molecule has 3 fully saturated rings. The van der Waals surface area contributed by atoms with Crippen molar-refractivity contribution in [2.75, 3.05) is 128 Å². The van der Waals surface area contributed by atoms with Crippen molar-refractivity contribution in [2.24, 2.45) is 0 Å². The molecule has 0 saturated carbocycles. The van der Waals surface area contributed by atoms with Crippen LogP contribution in [-0.4, -0.2) is 236 Å². The van der Waals surface area contributed by atoms with Crippen molar-refractivity contribution in [1.29, 1.82) is 4.29 Å². The first-order valence-corrected chi connectivity index (χ1v) is 36.3. The fourth-order valence-corrected chi connectivity index (χ4v) is 14.8. The zero-order chi connectivity index (χ0) is 68.6. The summed E-state index contributed by atoms with van der Waals surface area (Å²) in [6.45, 7) is 34.0. The van der Waals surface area contributed by atoms with Crippen LogP contribution in [0.2, 0.25) is 0 Å². The molecule has 3 rings (SSSR count). The van der Waals surface area contributed by atoms with E-state index in [1.807, 2.05) is 6.92 Å². The molecule has 0 aromatic rings. The van der Waals surface area contributed by atoms with Gasteiger partial charge in [0.15, 0.2) is 14.7 Å². The fourth-order valence-electron chi connectivity index (χ4n) is 7.45. The van der Waals surface area contributed by atoms with Gasteiger partial charge in [-0.15, -0.1) is 0 Å². The molecule has 0 amide bonds. The van der Waals surface area contributed by atoms with Gasteiger partial charge in [-0.25, -0.2) is 17.8 Å². The smallest absolute Gasteiger partial charge is 0.259 e. The van der Waals surface area contributed by atoms with E-state index >= 15 is 0 Å². The van der Waals surface area contributed by atoms with Crippen molar-refractivity contribution in [1.82, 2.24) is 4.67 Å². The number of hydrogen-bond acceptors (Lipinski definition) is 24. The third-order valence-corrected chi connectivity index (χ3v) is 20.9. The predicted molar refractivity (Wildman–Crippen MR) is 317 cm³/mol. The Morgan fingerprint density at radius 3 is 1.38 bits per heavy atom. The summed E-state index contributed by atoms with van der Waals surface area (Å²) in [5, 5.41) is 10.5. The van der Waals surface area contributed by atoms with Gasteiger partial charge in [0, 0.05) is 206 Å². The molecule has 0 spiro atoms. The number of nitrogens with zero attached hydrogens (tertiary/aromatic N) is 3. The summed E-state index contributed by atoms with van der Waals surface area (Å²) in [5.41, 5.74) is -3.53. The van der Waals surface area contributed by atoms with Crippen LogP contribution in [0.15, 0.2) is 0 Å². The van der Waals surface area contributed by atoms with E-state index in [2.05, 4.69) is 74.5 Å². The molecular formula is C49H100N3O24P6U3-5. The van der Waals surface area contributed by atoms with Crippen molar-refractivity contribution in [3.8, 4) is 0 Å². The van der Waals surface area contributed by atoms with E-state index in [-0.39, 0.29) is 171 Å². The maximum atomic E-state index is 12.7. The van der Waals surface area contributed by atoms with Gasteiger partial charge in [0.05, 0.1) is 48.3 Å². The number of ether oxygens (including phenoxy) is 6. The molecule has 27 nitrogen and oxygen atoms in total. The largest absolute Gasteiger partial charge is 0.789 e. The average molecular weight is 2020 g/mol. The summed E-state index contributed by atoms with van der Waals surface area (Å²) in [4.78, 5) is 38.3. The van der Waals surface area contributed by atoms with Crippen LogP contribution in [0.5, 0.6) is 0 Å². The topological polar surface area (TPSA) is 329 Å². The molecule has 0 bridgehead atoms. The van der Waals surface area contributed by atoms with Gasteiger partial charge in [-0.05, 0) is 106 Å². The Kier molecular flexibility index (Phi) is 51.0. The van der Waals surface area contributed by atoms with Gasteiger partial charge >= 0.3 is 0 Å². The Hall–Kier alpha value is 2.98. The van der Waals surface area contributed by atoms with Crippen molar-refractivity contribution >= 4 is 58.6 Å². The first-order valence-electron chi connectivity index (χ1n) is 28.7. The minimum atomic E-state index is -4.53. The van der Waals surface area contributed by atoms with Crippen molar-refractivity contribution in [2.45, 2.75) is 147 Å². The monoisotopic (exact) mass is 2020 g/mol. The Labute approximate surface area is 590 Å². The summed E-state index contributed by atoms with van der Waals surface area (Å²) >= 11 is 0. The quantitative estimate of drug-likeness (QED) is 0.0301. The second kappa shape index (κ2) is 50.4. The molecule has 0 aromatic heterocycles. The van der Waals surface area contributed by atoms with E-state index in [1.165, 1.54) is 55.9 Å². The Bertz CT molecular complexity index is 2190. The minimum Gasteiger partial charge on any atom is -0.789 e. The summed E-state index contributed by atoms with van der Waals surface area (Å²) in [6.07, 6.45) is 3.25. The van der Waals surface area contributed by atoms with Crippen molar-refractivity contribution in [3.05, 3.63) is 42.7 Å². The molecule has 3 aliphatic rings. The normalized spacial score (nSPS) is 28.8. The molecule has 3 saturated heterocycles. The predicted octanol–water partition coefficient (Wildman–Crippen LogP) is 6.70. The van der Waals surface area contributed by atoms with Crippen LogP contribution in [0.4, 0.5) is 0 Å². The maximum absolute atomic E-state index is 12.7. The van der Waals surface area contributed by atoms with Gasteiger partial charge < -0.3 is 113 Å². The molecule has 36 heteroatoms. The third-order valence-electron chi connectivity index (χ3n) is 11.5. The molecule has 9 unspecified atom stereocenters. The van der Waals surface area contributed by atoms with E-state index in [0.29, 0.717) is 19.6 Å². The molecule has 85 heavy (non-hydrogen) atoms. The van der Waals surface area contributed by atoms with Gasteiger partial charge in [-0.1, -0.05) is 6.30 Å². The molecule has 0 aromatic carbocycles. The van der Waals surface area contributed by atoms with E-state index in [4.69, 9.17) is 91.1 Å². The zero-order valence-corrected chi connectivity index (χ0v) is 70.1. The number of hydrogen-bond donors (Lipinski definition) is 4. The van der Waals surface area contributed by atoms with Crippen LogP contribution in [0, 0.1) is 126 Å². The zero-order valence-electron chi connectivity index (χ0n) is 58.2. The molecule has 3 heterocycles. The van der Waals surface area contributed by atoms with Crippen molar-refractivity contribution < 1.29 is 210 Å².